The second-order valence-corrected chi connectivity index (χ2v) is 18.0. The molecule has 57 heavy (non-hydrogen) atoms. The van der Waals surface area contributed by atoms with E-state index in [4.69, 9.17) is 9.47 Å². The smallest absolute Gasteiger partial charge is 0.304 e. The van der Waals surface area contributed by atoms with Gasteiger partial charge in [-0.2, -0.15) is 17.8 Å². The van der Waals surface area contributed by atoms with Gasteiger partial charge in [-0.25, -0.2) is 4.72 Å². The van der Waals surface area contributed by atoms with Crippen LogP contribution in [0.3, 0.4) is 0 Å². The largest absolute Gasteiger partial charge is 0.497 e. The molecule has 1 saturated carbocycles. The maximum Gasteiger partial charge on any atom is 0.304 e. The zero-order valence-electron chi connectivity index (χ0n) is 32.6. The van der Waals surface area contributed by atoms with E-state index in [1.807, 2.05) is 36.2 Å². The Kier molecular flexibility index (Phi) is 9.66. The molecular formula is C43H50N6O7S. The van der Waals surface area contributed by atoms with Gasteiger partial charge >= 0.3 is 10.2 Å². The van der Waals surface area contributed by atoms with E-state index in [-0.39, 0.29) is 55.8 Å². The summed E-state index contributed by atoms with van der Waals surface area (Å²) in [5.74, 6) is 0.183. The van der Waals surface area contributed by atoms with Crippen LogP contribution < -0.4 is 9.46 Å². The van der Waals surface area contributed by atoms with Gasteiger partial charge < -0.3 is 24.0 Å². The molecule has 0 spiro atoms. The molecule has 14 heteroatoms. The second kappa shape index (κ2) is 14.6. The van der Waals surface area contributed by atoms with E-state index in [1.165, 1.54) is 16.3 Å². The number of carbonyl (C=O) groups excluding carboxylic acids is 2. The van der Waals surface area contributed by atoms with E-state index in [9.17, 15) is 23.1 Å². The number of nitrogens with one attached hydrogen (secondary N) is 1. The number of piperidine rings is 1. The molecule has 9 rings (SSSR count). The lowest BCUT2D eigenvalue weighted by Gasteiger charge is -2.42. The van der Waals surface area contributed by atoms with Crippen molar-refractivity contribution in [2.24, 2.45) is 7.05 Å². The Morgan fingerprint density at radius 1 is 1.02 bits per heavy atom. The van der Waals surface area contributed by atoms with Crippen molar-refractivity contribution in [1.82, 2.24) is 28.3 Å². The molecule has 300 valence electrons. The second-order valence-electron chi connectivity index (χ2n) is 16.3. The minimum absolute atomic E-state index is 0.102. The lowest BCUT2D eigenvalue weighted by atomic mass is 9.81. The number of aromatic nitrogens is 3. The third-order valence-corrected chi connectivity index (χ3v) is 14.5. The van der Waals surface area contributed by atoms with Crippen molar-refractivity contribution in [3.05, 3.63) is 83.2 Å². The number of hydrogen-bond acceptors (Lipinski definition) is 8. The predicted octanol–water partition coefficient (Wildman–Crippen LogP) is 5.64. The maximum atomic E-state index is 14.7. The Bertz CT molecular complexity index is 2410. The molecular weight excluding hydrogens is 745 g/mol. The van der Waals surface area contributed by atoms with E-state index in [2.05, 4.69) is 33.1 Å². The van der Waals surface area contributed by atoms with E-state index >= 15 is 0 Å². The molecule has 6 heterocycles. The summed E-state index contributed by atoms with van der Waals surface area (Å²) in [4.78, 5) is 30.4. The van der Waals surface area contributed by atoms with Gasteiger partial charge in [0.15, 0.2) is 0 Å². The molecule has 2 aromatic heterocycles. The average molecular weight is 795 g/mol. The number of ether oxygens (including phenoxy) is 2. The van der Waals surface area contributed by atoms with Crippen LogP contribution in [0.15, 0.2) is 55.3 Å². The number of methoxy groups -OCH3 is 1. The van der Waals surface area contributed by atoms with Crippen molar-refractivity contribution < 1.29 is 32.6 Å². The third kappa shape index (κ3) is 6.60. The lowest BCUT2D eigenvalue weighted by molar-refractivity contribution is -0.0106. The van der Waals surface area contributed by atoms with Crippen molar-refractivity contribution in [2.45, 2.75) is 87.9 Å². The number of rotatable bonds is 8. The molecule has 0 radical (unpaired) electrons. The molecule has 5 aliphatic rings. The van der Waals surface area contributed by atoms with E-state index in [1.54, 1.807) is 30.1 Å². The van der Waals surface area contributed by atoms with Crippen LogP contribution in [0, 0.1) is 0 Å². The molecule has 4 aromatic rings. The van der Waals surface area contributed by atoms with Gasteiger partial charge in [0.1, 0.15) is 5.75 Å². The molecule has 3 saturated heterocycles. The van der Waals surface area contributed by atoms with Crippen LogP contribution in [0.1, 0.15) is 101 Å². The monoisotopic (exact) mass is 794 g/mol. The summed E-state index contributed by atoms with van der Waals surface area (Å²) in [6.07, 6.45) is 13.5. The highest BCUT2D eigenvalue weighted by Crippen LogP contribution is 2.48. The average Bonchev–Trinajstić information content (AvgIpc) is 3.82. The predicted molar refractivity (Wildman–Crippen MR) is 217 cm³/mol. The fourth-order valence-electron chi connectivity index (χ4n) is 10.2. The highest BCUT2D eigenvalue weighted by molar-refractivity contribution is 7.87. The highest BCUT2D eigenvalue weighted by atomic mass is 32.2. The molecule has 2 unspecified atom stereocenters. The zero-order chi connectivity index (χ0) is 39.6. The number of aliphatic hydroxyl groups is 1. The fraction of sp³-hybridized carbons (Fsp3) is 0.465. The Morgan fingerprint density at radius 2 is 1.75 bits per heavy atom. The number of hydrogen-bond donors (Lipinski definition) is 2. The van der Waals surface area contributed by atoms with Crippen LogP contribution >= 0.6 is 0 Å². The molecule has 4 aliphatic heterocycles. The number of amides is 2. The molecule has 2 bridgehead atoms. The van der Waals surface area contributed by atoms with Crippen molar-refractivity contribution in [3.63, 3.8) is 0 Å². The number of fused-ring (bicyclic) bond motifs is 7. The third-order valence-electron chi connectivity index (χ3n) is 13.0. The van der Waals surface area contributed by atoms with Crippen LogP contribution in [-0.2, 0) is 28.5 Å². The number of nitrogens with zero attached hydrogens (tertiary/aromatic N) is 5. The molecule has 2 N–H and O–H groups in total. The Balaban J connectivity index is 1.18. The summed E-state index contributed by atoms with van der Waals surface area (Å²) in [5, 5.41) is 16.8. The van der Waals surface area contributed by atoms with Gasteiger partial charge in [-0.15, -0.1) is 6.58 Å². The standard InChI is InChI=1S/C43H50N6O7S/c1-4-43(52)23-31-11-12-32(24-43)49(31)42(51)36-25-44-46(2)39(36)30-20-29-21-33(55-3)13-15-34(29)40-38(27-8-6-5-7-9-27)35-14-10-28(22-37(35)48(40)26-30)41(50)45-57(53,54)47-16-18-56-19-17-47/h4,10,13-15,20-22,25,27,31-32,52H,1,5-9,11-12,16-19,23-24,26H2,2-3H3,(H,45,50)/t31-,32?,43?/m0/s1. The first-order chi connectivity index (χ1) is 27.5. The topological polar surface area (TPSA) is 148 Å². The summed E-state index contributed by atoms with van der Waals surface area (Å²) in [6.45, 7) is 5.12. The first-order valence-corrected chi connectivity index (χ1v) is 21.6. The summed E-state index contributed by atoms with van der Waals surface area (Å²) >= 11 is 0. The molecule has 2 aromatic carbocycles. The summed E-state index contributed by atoms with van der Waals surface area (Å²) < 4.78 is 45.2. The maximum absolute atomic E-state index is 14.7. The van der Waals surface area contributed by atoms with Crippen LogP contribution in [0.2, 0.25) is 0 Å². The summed E-state index contributed by atoms with van der Waals surface area (Å²) in [5.41, 5.74) is 6.31. The minimum Gasteiger partial charge on any atom is -0.497 e. The quantitative estimate of drug-likeness (QED) is 0.218. The Morgan fingerprint density at radius 3 is 2.46 bits per heavy atom. The van der Waals surface area contributed by atoms with Gasteiger partial charge in [0, 0.05) is 67.1 Å². The van der Waals surface area contributed by atoms with Crippen molar-refractivity contribution >= 4 is 44.6 Å². The van der Waals surface area contributed by atoms with Crippen LogP contribution in [0.25, 0.3) is 33.8 Å². The molecule has 13 nitrogen and oxygen atoms in total. The van der Waals surface area contributed by atoms with E-state index in [0.29, 0.717) is 36.4 Å². The number of morpholine rings is 1. The SMILES string of the molecule is C=CC1(O)CC2CC[C@@H](C1)N2C(=O)c1cnn(C)c1C1=Cc2cc(OC)ccc2-c2c(C3CCCCC3)c3ccc(C(=O)NS(=O)(=O)N4CCOCC4)cc3n2C1. The molecule has 1 aliphatic carbocycles. The van der Waals surface area contributed by atoms with Crippen molar-refractivity contribution in [2.75, 3.05) is 33.4 Å². The van der Waals surface area contributed by atoms with Gasteiger partial charge in [0.2, 0.25) is 0 Å². The van der Waals surface area contributed by atoms with Gasteiger partial charge in [0.25, 0.3) is 11.8 Å². The summed E-state index contributed by atoms with van der Waals surface area (Å²) in [7, 11) is -0.578. The molecule has 3 atom stereocenters. The van der Waals surface area contributed by atoms with Crippen molar-refractivity contribution in [1.29, 1.82) is 0 Å². The normalized spacial score (nSPS) is 24.1. The first kappa shape index (κ1) is 37.8. The highest BCUT2D eigenvalue weighted by Gasteiger charge is 2.49. The van der Waals surface area contributed by atoms with Gasteiger partial charge in [-0.05, 0) is 84.7 Å². The first-order valence-electron chi connectivity index (χ1n) is 20.1. The van der Waals surface area contributed by atoms with E-state index < -0.39 is 21.7 Å². The van der Waals surface area contributed by atoms with Crippen molar-refractivity contribution in [3.8, 4) is 17.0 Å². The molecule has 4 fully saturated rings. The molecule has 2 amide bonds. The Labute approximate surface area is 333 Å². The van der Waals surface area contributed by atoms with Gasteiger partial charge in [-0.1, -0.05) is 31.4 Å². The number of carbonyl (C=O) groups is 2. The Hall–Kier alpha value is -4.76. The van der Waals surface area contributed by atoms with E-state index in [0.717, 1.165) is 71.8 Å². The number of benzene rings is 2. The van der Waals surface area contributed by atoms with Gasteiger partial charge in [0.05, 0.1) is 55.6 Å². The lowest BCUT2D eigenvalue weighted by Crippen LogP contribution is -2.52. The van der Waals surface area contributed by atoms with Crippen LogP contribution in [0.4, 0.5) is 0 Å². The fourth-order valence-corrected chi connectivity index (χ4v) is 11.3. The van der Waals surface area contributed by atoms with Crippen LogP contribution in [-0.4, -0.2) is 100.0 Å². The number of allylic oxidation sites excluding steroid dienone is 1. The van der Waals surface area contributed by atoms with Crippen LogP contribution in [0.5, 0.6) is 5.75 Å². The zero-order valence-corrected chi connectivity index (χ0v) is 33.4. The minimum atomic E-state index is -4.08. The van der Waals surface area contributed by atoms with Gasteiger partial charge in [-0.3, -0.25) is 14.3 Å². The summed E-state index contributed by atoms with van der Waals surface area (Å²) in [6, 6.07) is 11.4. The number of aryl methyl sites for hydroxylation is 1.